The quantitative estimate of drug-likeness (QED) is 0.0222. The number of ether oxygens (including phenoxy) is 4. The zero-order chi connectivity index (χ0) is 70.0. The van der Waals surface area contributed by atoms with Crippen molar-refractivity contribution in [3.8, 4) is 0 Å². The molecule has 0 aliphatic rings. The largest absolute Gasteiger partial charge is 0.472 e. The third kappa shape index (κ3) is 67.6. The molecule has 0 radical (unpaired) electrons. The molecule has 0 aliphatic carbocycles. The van der Waals surface area contributed by atoms with E-state index in [0.717, 1.165) is 108 Å². The van der Waals surface area contributed by atoms with Gasteiger partial charge < -0.3 is 33.8 Å². The molecule has 0 aromatic carbocycles. The van der Waals surface area contributed by atoms with Gasteiger partial charge in [0, 0.05) is 25.7 Å². The van der Waals surface area contributed by atoms with Crippen molar-refractivity contribution in [2.45, 2.75) is 413 Å². The average molecular weight is 1400 g/mol. The second-order valence-electron chi connectivity index (χ2n) is 27.9. The smallest absolute Gasteiger partial charge is 0.462 e. The van der Waals surface area contributed by atoms with E-state index in [0.29, 0.717) is 25.7 Å². The number of hydrogen-bond acceptors (Lipinski definition) is 15. The predicted molar refractivity (Wildman–Crippen MR) is 386 cm³/mol. The number of unbranched alkanes of at least 4 members (excludes halogenated alkanes) is 43. The Morgan fingerprint density at radius 1 is 0.295 bits per heavy atom. The first kappa shape index (κ1) is 93.1. The van der Waals surface area contributed by atoms with Crippen molar-refractivity contribution in [2.24, 2.45) is 11.8 Å². The molecule has 0 aromatic heterocycles. The molecule has 0 spiro atoms. The monoisotopic (exact) mass is 1400 g/mol. The number of esters is 4. The second-order valence-corrected chi connectivity index (χ2v) is 30.8. The van der Waals surface area contributed by atoms with Crippen LogP contribution in [0.4, 0.5) is 0 Å². The lowest BCUT2D eigenvalue weighted by Crippen LogP contribution is -2.30. The van der Waals surface area contributed by atoms with E-state index in [1.54, 1.807) is 0 Å². The summed E-state index contributed by atoms with van der Waals surface area (Å²) < 4.78 is 68.5. The number of rotatable bonds is 75. The molecule has 0 saturated carbocycles. The van der Waals surface area contributed by atoms with Gasteiger partial charge in [0.15, 0.2) is 12.2 Å². The zero-order valence-corrected chi connectivity index (χ0v) is 63.8. The van der Waals surface area contributed by atoms with Crippen molar-refractivity contribution in [1.82, 2.24) is 0 Å². The van der Waals surface area contributed by atoms with E-state index >= 15 is 0 Å². The molecule has 0 aromatic rings. The fraction of sp³-hybridized carbons (Fsp3) is 0.947. The number of aliphatic hydroxyl groups excluding tert-OH is 1. The summed E-state index contributed by atoms with van der Waals surface area (Å²) in [7, 11) is -9.91. The maximum Gasteiger partial charge on any atom is 0.472 e. The summed E-state index contributed by atoms with van der Waals surface area (Å²) in [6, 6.07) is 0. The second kappa shape index (κ2) is 67.9. The van der Waals surface area contributed by atoms with Crippen molar-refractivity contribution in [1.29, 1.82) is 0 Å². The van der Waals surface area contributed by atoms with Gasteiger partial charge in [-0.3, -0.25) is 37.3 Å². The van der Waals surface area contributed by atoms with Crippen LogP contribution in [0.3, 0.4) is 0 Å². The fourth-order valence-corrected chi connectivity index (χ4v) is 13.2. The summed E-state index contributed by atoms with van der Waals surface area (Å²) in [5.74, 6) is -0.503. The van der Waals surface area contributed by atoms with E-state index in [1.807, 2.05) is 0 Å². The Balaban J connectivity index is 5.22. The minimum atomic E-state index is -4.96. The van der Waals surface area contributed by atoms with Gasteiger partial charge >= 0.3 is 39.5 Å². The molecule has 0 bridgehead atoms. The molecule has 0 rings (SSSR count). The van der Waals surface area contributed by atoms with Crippen LogP contribution in [0.5, 0.6) is 0 Å². The fourth-order valence-electron chi connectivity index (χ4n) is 11.6. The maximum atomic E-state index is 13.1. The van der Waals surface area contributed by atoms with Crippen molar-refractivity contribution in [3.63, 3.8) is 0 Å². The van der Waals surface area contributed by atoms with Gasteiger partial charge in [-0.1, -0.05) is 343 Å². The number of phosphoric ester groups is 2. The lowest BCUT2D eigenvalue weighted by Gasteiger charge is -2.21. The van der Waals surface area contributed by atoms with E-state index in [2.05, 4.69) is 41.5 Å². The highest BCUT2D eigenvalue weighted by Crippen LogP contribution is 2.45. The number of hydrogen-bond donors (Lipinski definition) is 3. The number of phosphoric acid groups is 2. The molecule has 0 heterocycles. The molecule has 4 unspecified atom stereocenters. The summed E-state index contributed by atoms with van der Waals surface area (Å²) >= 11 is 0. The van der Waals surface area contributed by atoms with E-state index in [1.165, 1.54) is 205 Å². The SMILES string of the molecule is CCCCCCCCCCCCCCCCCCCC(=O)OC[C@H](COP(=O)(O)OC[C@@H](O)COP(=O)(O)OC[C@@H](COC(=O)CCCCCCCCCC)OC(=O)CCCCCCCCCCC(C)CC)OC(=O)CCCCCCCCCCCCCCCCC(C)CC. The third-order valence-electron chi connectivity index (χ3n) is 18.4. The van der Waals surface area contributed by atoms with Crippen molar-refractivity contribution in [2.75, 3.05) is 39.6 Å². The Kier molecular flexibility index (Phi) is 66.5. The number of carbonyl (C=O) groups is 4. The third-order valence-corrected chi connectivity index (χ3v) is 20.3. The topological polar surface area (TPSA) is 237 Å². The molecule has 19 heteroatoms. The Morgan fingerprint density at radius 2 is 0.505 bits per heavy atom. The van der Waals surface area contributed by atoms with Crippen molar-refractivity contribution >= 4 is 39.5 Å². The predicted octanol–water partition coefficient (Wildman–Crippen LogP) is 22.3. The molecule has 7 atom stereocenters. The Hall–Kier alpha value is -1.94. The van der Waals surface area contributed by atoms with Gasteiger partial charge in [-0.15, -0.1) is 0 Å². The van der Waals surface area contributed by atoms with E-state index in [4.69, 9.17) is 37.0 Å². The molecule has 17 nitrogen and oxygen atoms in total. The van der Waals surface area contributed by atoms with Crippen molar-refractivity contribution < 1.29 is 80.2 Å². The van der Waals surface area contributed by atoms with Gasteiger partial charge in [-0.25, -0.2) is 9.13 Å². The average Bonchev–Trinajstić information content (AvgIpc) is 2.05. The van der Waals surface area contributed by atoms with Gasteiger partial charge in [0.1, 0.15) is 19.3 Å². The summed E-state index contributed by atoms with van der Waals surface area (Å²) in [6.45, 7) is 9.62. The molecule has 3 N–H and O–H groups in total. The Labute approximate surface area is 581 Å². The summed E-state index contributed by atoms with van der Waals surface area (Å²) in [4.78, 5) is 72.7. The van der Waals surface area contributed by atoms with Crippen LogP contribution in [0.15, 0.2) is 0 Å². The Morgan fingerprint density at radius 3 is 0.747 bits per heavy atom. The highest BCUT2D eigenvalue weighted by Gasteiger charge is 2.30. The van der Waals surface area contributed by atoms with Gasteiger partial charge in [0.05, 0.1) is 26.4 Å². The van der Waals surface area contributed by atoms with E-state index in [9.17, 15) is 43.2 Å². The standard InChI is InChI=1S/C76H148O17P2/c1-7-11-13-15-17-19-20-21-22-23-24-28-31-34-41-47-53-59-74(79)87-65-72(92-75(80)60-54-48-42-35-32-29-26-25-27-30-33-38-44-50-56-68(5)9-3)67-91-95(84,85)89-63-70(77)62-88-94(82,83)90-66-71(64-86-73(78)58-52-46-40-18-16-14-12-8-2)93-76(81)61-55-49-43-37-36-39-45-51-57-69(6)10-4/h68-72,77H,7-67H2,1-6H3,(H,82,83)(H,84,85)/t68?,69?,70-,71+,72+/m0/s1. The lowest BCUT2D eigenvalue weighted by atomic mass is 9.99. The zero-order valence-electron chi connectivity index (χ0n) is 62.0. The van der Waals surface area contributed by atoms with Crippen LogP contribution < -0.4 is 0 Å². The molecule has 0 amide bonds. The van der Waals surface area contributed by atoms with E-state index in [-0.39, 0.29) is 25.7 Å². The minimum absolute atomic E-state index is 0.105. The van der Waals surface area contributed by atoms with Crippen LogP contribution in [0.1, 0.15) is 395 Å². The first-order chi connectivity index (χ1) is 45.9. The Bertz CT molecular complexity index is 1840. The van der Waals surface area contributed by atoms with Crippen LogP contribution in [-0.2, 0) is 65.4 Å². The minimum Gasteiger partial charge on any atom is -0.462 e. The first-order valence-electron chi connectivity index (χ1n) is 39.6. The molecule has 0 fully saturated rings. The van der Waals surface area contributed by atoms with Crippen LogP contribution in [0.2, 0.25) is 0 Å². The highest BCUT2D eigenvalue weighted by atomic mass is 31.2. The van der Waals surface area contributed by atoms with Crippen LogP contribution in [0.25, 0.3) is 0 Å². The molecule has 0 aliphatic heterocycles. The molecule has 0 saturated heterocycles. The van der Waals surface area contributed by atoms with Crippen LogP contribution >= 0.6 is 15.6 Å². The normalized spacial score (nSPS) is 14.6. The highest BCUT2D eigenvalue weighted by molar-refractivity contribution is 7.47. The van der Waals surface area contributed by atoms with Crippen LogP contribution in [0, 0.1) is 11.8 Å². The van der Waals surface area contributed by atoms with Gasteiger partial charge in [-0.2, -0.15) is 0 Å². The first-order valence-corrected chi connectivity index (χ1v) is 42.6. The van der Waals surface area contributed by atoms with Gasteiger partial charge in [-0.05, 0) is 37.5 Å². The van der Waals surface area contributed by atoms with Gasteiger partial charge in [0.25, 0.3) is 0 Å². The molecule has 95 heavy (non-hydrogen) atoms. The number of aliphatic hydroxyl groups is 1. The summed E-state index contributed by atoms with van der Waals surface area (Å²) in [6.07, 6.45) is 55.4. The number of carbonyl (C=O) groups excluding carboxylic acids is 4. The summed E-state index contributed by atoms with van der Waals surface area (Å²) in [5.41, 5.74) is 0. The molecule has 564 valence electrons. The molecular weight excluding hydrogens is 1250 g/mol. The van der Waals surface area contributed by atoms with Crippen LogP contribution in [-0.4, -0.2) is 96.7 Å². The lowest BCUT2D eigenvalue weighted by molar-refractivity contribution is -0.161. The summed E-state index contributed by atoms with van der Waals surface area (Å²) in [5, 5.41) is 10.6. The van der Waals surface area contributed by atoms with E-state index < -0.39 is 97.5 Å². The van der Waals surface area contributed by atoms with Crippen molar-refractivity contribution in [3.05, 3.63) is 0 Å². The van der Waals surface area contributed by atoms with Gasteiger partial charge in [0.2, 0.25) is 0 Å². The molecular formula is C76H148O17P2. The maximum absolute atomic E-state index is 13.1.